The molecule has 2 saturated heterocycles. The van der Waals surface area contributed by atoms with Gasteiger partial charge in [-0.25, -0.2) is 15.0 Å². The number of rotatable bonds is 3. The van der Waals surface area contributed by atoms with Crippen LogP contribution in [0.2, 0.25) is 0 Å². The monoisotopic (exact) mass is 368 g/mol. The lowest BCUT2D eigenvalue weighted by Crippen LogP contribution is -2.30. The summed E-state index contributed by atoms with van der Waals surface area (Å²) >= 11 is 0. The van der Waals surface area contributed by atoms with Gasteiger partial charge in [0.05, 0.1) is 17.7 Å². The summed E-state index contributed by atoms with van der Waals surface area (Å²) in [6, 6.07) is 3.79. The molecule has 7 heteroatoms. The molecule has 2 unspecified atom stereocenters. The van der Waals surface area contributed by atoms with Crippen LogP contribution >= 0.6 is 0 Å². The van der Waals surface area contributed by atoms with Crippen molar-refractivity contribution in [1.29, 1.82) is 0 Å². The quantitative estimate of drug-likeness (QED) is 0.817. The Morgan fingerprint density at radius 3 is 2.37 bits per heavy atom. The highest BCUT2D eigenvalue weighted by Crippen LogP contribution is 2.34. The predicted molar refractivity (Wildman–Crippen MR) is 105 cm³/mol. The van der Waals surface area contributed by atoms with Gasteiger partial charge in [-0.05, 0) is 11.8 Å². The van der Waals surface area contributed by atoms with E-state index in [2.05, 4.69) is 51.6 Å². The number of hydrogen-bond acceptors (Lipinski definition) is 6. The third-order valence-electron chi connectivity index (χ3n) is 5.73. The van der Waals surface area contributed by atoms with Gasteiger partial charge in [0, 0.05) is 57.3 Å². The van der Waals surface area contributed by atoms with Crippen LogP contribution in [-0.2, 0) is 19.0 Å². The van der Waals surface area contributed by atoms with Crippen LogP contribution < -0.4 is 10.5 Å². The second-order valence-electron chi connectivity index (χ2n) is 8.96. The van der Waals surface area contributed by atoms with Gasteiger partial charge in [-0.2, -0.15) is 0 Å². The van der Waals surface area contributed by atoms with Gasteiger partial charge in [-0.15, -0.1) is 0 Å². The van der Waals surface area contributed by atoms with E-state index in [0.717, 1.165) is 49.9 Å². The van der Waals surface area contributed by atoms with E-state index in [1.165, 1.54) is 4.57 Å². The first-order chi connectivity index (χ1) is 12.8. The van der Waals surface area contributed by atoms with Crippen molar-refractivity contribution in [2.45, 2.75) is 32.7 Å². The van der Waals surface area contributed by atoms with Gasteiger partial charge in [0.25, 0.3) is 5.56 Å². The van der Waals surface area contributed by atoms with Crippen LogP contribution in [0.25, 0.3) is 0 Å². The number of fused-ring (bicyclic) bond motifs is 1. The Kier molecular flexibility index (Phi) is 4.50. The maximum absolute atomic E-state index is 11.8. The molecule has 2 aromatic rings. The fraction of sp³-hybridized carbons (Fsp3) is 0.600. The highest BCUT2D eigenvalue weighted by atomic mass is 16.1. The van der Waals surface area contributed by atoms with E-state index < -0.39 is 0 Å². The molecule has 2 atom stereocenters. The van der Waals surface area contributed by atoms with Gasteiger partial charge in [0.2, 0.25) is 0 Å². The second-order valence-corrected chi connectivity index (χ2v) is 8.96. The summed E-state index contributed by atoms with van der Waals surface area (Å²) in [7, 11) is 1.73. The number of anilines is 1. The van der Waals surface area contributed by atoms with E-state index in [1.54, 1.807) is 25.8 Å². The van der Waals surface area contributed by atoms with Crippen molar-refractivity contribution in [3.05, 3.63) is 46.5 Å². The maximum atomic E-state index is 11.8. The largest absolute Gasteiger partial charge is 0.356 e. The van der Waals surface area contributed by atoms with E-state index in [0.29, 0.717) is 11.8 Å². The molecule has 4 rings (SSSR count). The van der Waals surface area contributed by atoms with Crippen molar-refractivity contribution in [2.24, 2.45) is 18.9 Å². The standard InChI is InChI=1S/C20H28N6O/c1-20(2,3)17-6-18(22-12-21-17)26-9-14-7-25(8-15(14)10-26)11-16-5-19(27)24(4)13-23-16/h5-6,12-15H,7-11H2,1-4H3. The maximum Gasteiger partial charge on any atom is 0.253 e. The Morgan fingerprint density at radius 1 is 1.04 bits per heavy atom. The number of aromatic nitrogens is 4. The van der Waals surface area contributed by atoms with Gasteiger partial charge in [-0.3, -0.25) is 9.69 Å². The number of likely N-dealkylation sites (tertiary alicyclic amines) is 1. The summed E-state index contributed by atoms with van der Waals surface area (Å²) in [5, 5.41) is 0. The van der Waals surface area contributed by atoms with E-state index in [9.17, 15) is 4.79 Å². The fourth-order valence-electron chi connectivity index (χ4n) is 4.15. The number of hydrogen-bond donors (Lipinski definition) is 0. The average Bonchev–Trinajstić information content (AvgIpc) is 3.16. The van der Waals surface area contributed by atoms with Crippen molar-refractivity contribution in [3.8, 4) is 0 Å². The first-order valence-electron chi connectivity index (χ1n) is 9.61. The van der Waals surface area contributed by atoms with E-state index in [4.69, 9.17) is 0 Å². The first kappa shape index (κ1) is 18.1. The Balaban J connectivity index is 1.40. The summed E-state index contributed by atoms with van der Waals surface area (Å²) in [5.74, 6) is 2.33. The Hall–Kier alpha value is -2.28. The SMILES string of the molecule is Cn1cnc(CN2CC3CN(c4cc(C(C)(C)C)ncn4)CC3C2)cc1=O. The van der Waals surface area contributed by atoms with Gasteiger partial charge < -0.3 is 9.47 Å². The van der Waals surface area contributed by atoms with E-state index in [-0.39, 0.29) is 11.0 Å². The molecule has 0 amide bonds. The third kappa shape index (κ3) is 3.74. The number of nitrogens with zero attached hydrogens (tertiary/aromatic N) is 6. The molecular formula is C20H28N6O. The molecule has 2 aliphatic heterocycles. The molecule has 144 valence electrons. The number of aryl methyl sites for hydroxylation is 1. The molecule has 0 saturated carbocycles. The molecule has 0 aromatic carbocycles. The van der Waals surface area contributed by atoms with Crippen LogP contribution in [0.1, 0.15) is 32.2 Å². The lowest BCUT2D eigenvalue weighted by Gasteiger charge is -2.24. The summed E-state index contributed by atoms with van der Waals surface area (Å²) < 4.78 is 1.51. The fourth-order valence-corrected chi connectivity index (χ4v) is 4.15. The highest BCUT2D eigenvalue weighted by Gasteiger charge is 2.40. The van der Waals surface area contributed by atoms with Crippen molar-refractivity contribution < 1.29 is 0 Å². The first-order valence-corrected chi connectivity index (χ1v) is 9.61. The molecule has 0 spiro atoms. The molecule has 2 fully saturated rings. The molecule has 0 radical (unpaired) electrons. The van der Waals surface area contributed by atoms with E-state index >= 15 is 0 Å². The topological polar surface area (TPSA) is 67.2 Å². The van der Waals surface area contributed by atoms with Crippen molar-refractivity contribution in [3.63, 3.8) is 0 Å². The molecule has 0 N–H and O–H groups in total. The molecular weight excluding hydrogens is 340 g/mol. The van der Waals surface area contributed by atoms with Gasteiger partial charge in [0.1, 0.15) is 12.1 Å². The molecule has 2 aromatic heterocycles. The minimum atomic E-state index is 0.00369. The Bertz CT molecular complexity index is 873. The Labute approximate surface area is 160 Å². The molecule has 27 heavy (non-hydrogen) atoms. The zero-order valence-electron chi connectivity index (χ0n) is 16.6. The van der Waals surface area contributed by atoms with E-state index in [1.807, 2.05) is 0 Å². The van der Waals surface area contributed by atoms with Crippen LogP contribution in [0.5, 0.6) is 0 Å². The van der Waals surface area contributed by atoms with Gasteiger partial charge in [0.15, 0.2) is 0 Å². The summed E-state index contributed by atoms with van der Waals surface area (Å²) in [6.45, 7) is 11.5. The lowest BCUT2D eigenvalue weighted by atomic mass is 9.92. The average molecular weight is 368 g/mol. The molecule has 7 nitrogen and oxygen atoms in total. The summed E-state index contributed by atoms with van der Waals surface area (Å²) in [6.07, 6.45) is 3.30. The van der Waals surface area contributed by atoms with Crippen molar-refractivity contribution >= 4 is 5.82 Å². The zero-order valence-corrected chi connectivity index (χ0v) is 16.6. The third-order valence-corrected chi connectivity index (χ3v) is 5.73. The van der Waals surface area contributed by atoms with Gasteiger partial charge in [-0.1, -0.05) is 20.8 Å². The van der Waals surface area contributed by atoms with Crippen LogP contribution in [0.4, 0.5) is 5.82 Å². The summed E-state index contributed by atoms with van der Waals surface area (Å²) in [4.78, 5) is 30.0. The summed E-state index contributed by atoms with van der Waals surface area (Å²) in [5.41, 5.74) is 1.98. The molecule has 0 bridgehead atoms. The molecule has 0 aliphatic carbocycles. The Morgan fingerprint density at radius 2 is 1.74 bits per heavy atom. The van der Waals surface area contributed by atoms with Crippen molar-refractivity contribution in [2.75, 3.05) is 31.1 Å². The van der Waals surface area contributed by atoms with Crippen LogP contribution in [0.15, 0.2) is 29.6 Å². The highest BCUT2D eigenvalue weighted by molar-refractivity contribution is 5.42. The van der Waals surface area contributed by atoms with Gasteiger partial charge >= 0.3 is 0 Å². The molecule has 4 heterocycles. The minimum absolute atomic E-state index is 0.00369. The van der Waals surface area contributed by atoms with Crippen LogP contribution in [-0.4, -0.2) is 50.6 Å². The zero-order chi connectivity index (χ0) is 19.2. The van der Waals surface area contributed by atoms with Crippen LogP contribution in [0, 0.1) is 11.8 Å². The second kappa shape index (κ2) is 6.71. The van der Waals surface area contributed by atoms with Crippen molar-refractivity contribution in [1.82, 2.24) is 24.4 Å². The minimum Gasteiger partial charge on any atom is -0.356 e. The predicted octanol–water partition coefficient (Wildman–Crippen LogP) is 1.44. The smallest absolute Gasteiger partial charge is 0.253 e. The normalized spacial score (nSPS) is 23.0. The lowest BCUT2D eigenvalue weighted by molar-refractivity contribution is 0.304. The molecule has 2 aliphatic rings. The van der Waals surface area contributed by atoms with Crippen LogP contribution in [0.3, 0.4) is 0 Å².